The molecule has 3 nitrogen and oxygen atoms in total. The van der Waals surface area contributed by atoms with E-state index in [1.54, 1.807) is 0 Å². The van der Waals surface area contributed by atoms with E-state index >= 15 is 0 Å². The van der Waals surface area contributed by atoms with Crippen LogP contribution in [0.15, 0.2) is 18.2 Å². The second kappa shape index (κ2) is 3.44. The van der Waals surface area contributed by atoms with E-state index in [0.717, 1.165) is 17.2 Å². The molecule has 16 heavy (non-hydrogen) atoms. The van der Waals surface area contributed by atoms with Crippen molar-refractivity contribution in [2.45, 2.75) is 32.6 Å². The molecule has 0 saturated heterocycles. The summed E-state index contributed by atoms with van der Waals surface area (Å²) in [5, 5.41) is 7.37. The summed E-state index contributed by atoms with van der Waals surface area (Å²) in [5.41, 5.74) is 3.62. The van der Waals surface area contributed by atoms with Gasteiger partial charge in [-0.1, -0.05) is 17.7 Å². The topological polar surface area (TPSA) is 41.6 Å². The Morgan fingerprint density at radius 3 is 2.81 bits per heavy atom. The summed E-state index contributed by atoms with van der Waals surface area (Å²) in [7, 11) is 0. The number of hydrogen-bond acceptors (Lipinski definition) is 2. The number of nitrogens with zero attached hydrogens (tertiary/aromatic N) is 2. The molecule has 1 saturated carbocycles. The first-order valence-corrected chi connectivity index (χ1v) is 5.74. The molecular weight excluding hydrogens is 198 g/mol. The van der Waals surface area contributed by atoms with Crippen molar-refractivity contribution in [3.63, 3.8) is 0 Å². The van der Waals surface area contributed by atoms with Crippen molar-refractivity contribution >= 4 is 0 Å². The Morgan fingerprint density at radius 1 is 1.25 bits per heavy atom. The molecular formula is C13H15N3. The lowest BCUT2D eigenvalue weighted by Crippen LogP contribution is -1.87. The third-order valence-corrected chi connectivity index (χ3v) is 3.10. The number of rotatable bonds is 2. The number of aromatic amines is 1. The van der Waals surface area contributed by atoms with Crippen LogP contribution >= 0.6 is 0 Å². The Labute approximate surface area is 94.9 Å². The quantitative estimate of drug-likeness (QED) is 0.833. The van der Waals surface area contributed by atoms with Crippen molar-refractivity contribution in [2.75, 3.05) is 0 Å². The monoisotopic (exact) mass is 213 g/mol. The number of benzene rings is 1. The molecule has 0 amide bonds. The molecule has 2 aromatic rings. The first-order chi connectivity index (χ1) is 7.74. The third-order valence-electron chi connectivity index (χ3n) is 3.10. The lowest BCUT2D eigenvalue weighted by atomic mass is 10.1. The number of aryl methyl sites for hydroxylation is 2. The van der Waals surface area contributed by atoms with E-state index in [1.165, 1.54) is 24.0 Å². The fourth-order valence-electron chi connectivity index (χ4n) is 1.91. The van der Waals surface area contributed by atoms with Crippen molar-refractivity contribution in [3.8, 4) is 11.4 Å². The molecule has 1 aliphatic rings. The van der Waals surface area contributed by atoms with Crippen LogP contribution in [0.4, 0.5) is 0 Å². The van der Waals surface area contributed by atoms with Gasteiger partial charge in [-0.2, -0.15) is 5.10 Å². The second-order valence-corrected chi connectivity index (χ2v) is 4.64. The van der Waals surface area contributed by atoms with Gasteiger partial charge in [0.25, 0.3) is 0 Å². The summed E-state index contributed by atoms with van der Waals surface area (Å²) in [5.74, 6) is 2.52. The Kier molecular flexibility index (Phi) is 2.06. The molecule has 0 radical (unpaired) electrons. The first kappa shape index (κ1) is 9.58. The maximum Gasteiger partial charge on any atom is 0.181 e. The molecule has 1 aromatic heterocycles. The van der Waals surface area contributed by atoms with Gasteiger partial charge in [-0.15, -0.1) is 0 Å². The summed E-state index contributed by atoms with van der Waals surface area (Å²) < 4.78 is 0. The minimum atomic E-state index is 0.631. The highest BCUT2D eigenvalue weighted by Gasteiger charge is 2.27. The molecule has 0 aliphatic heterocycles. The highest BCUT2D eigenvalue weighted by Crippen LogP contribution is 2.38. The standard InChI is InChI=1S/C13H15N3/c1-8-3-4-9(2)11(7-8)13-14-12(15-16-13)10-5-6-10/h3-4,7,10H,5-6H2,1-2H3,(H,14,15,16). The van der Waals surface area contributed by atoms with Crippen LogP contribution in [0.3, 0.4) is 0 Å². The number of hydrogen-bond donors (Lipinski definition) is 1. The smallest absolute Gasteiger partial charge is 0.181 e. The highest BCUT2D eigenvalue weighted by atomic mass is 15.2. The van der Waals surface area contributed by atoms with Crippen LogP contribution in [0.1, 0.15) is 35.7 Å². The van der Waals surface area contributed by atoms with Crippen molar-refractivity contribution in [1.29, 1.82) is 0 Å². The summed E-state index contributed by atoms with van der Waals surface area (Å²) in [6, 6.07) is 6.39. The van der Waals surface area contributed by atoms with Crippen molar-refractivity contribution < 1.29 is 0 Å². The van der Waals surface area contributed by atoms with E-state index in [0.29, 0.717) is 5.92 Å². The average Bonchev–Trinajstić information content (AvgIpc) is 3.01. The average molecular weight is 213 g/mol. The van der Waals surface area contributed by atoms with Crippen LogP contribution in [-0.4, -0.2) is 15.2 Å². The summed E-state index contributed by atoms with van der Waals surface area (Å²) >= 11 is 0. The lowest BCUT2D eigenvalue weighted by Gasteiger charge is -2.02. The minimum Gasteiger partial charge on any atom is -0.262 e. The largest absolute Gasteiger partial charge is 0.262 e. The third kappa shape index (κ3) is 1.62. The van der Waals surface area contributed by atoms with Crippen LogP contribution in [-0.2, 0) is 0 Å². The van der Waals surface area contributed by atoms with E-state index in [-0.39, 0.29) is 0 Å². The van der Waals surface area contributed by atoms with Crippen molar-refractivity contribution in [1.82, 2.24) is 15.2 Å². The summed E-state index contributed by atoms with van der Waals surface area (Å²) in [6.45, 7) is 4.19. The lowest BCUT2D eigenvalue weighted by molar-refractivity contribution is 0.935. The van der Waals surface area contributed by atoms with Gasteiger partial charge in [0.1, 0.15) is 5.82 Å². The minimum absolute atomic E-state index is 0.631. The zero-order valence-corrected chi connectivity index (χ0v) is 9.62. The molecule has 3 rings (SSSR count). The fraction of sp³-hybridized carbons (Fsp3) is 0.385. The number of nitrogens with one attached hydrogen (secondary N) is 1. The number of aromatic nitrogens is 3. The molecule has 1 aromatic carbocycles. The van der Waals surface area contributed by atoms with Gasteiger partial charge in [0.2, 0.25) is 0 Å². The Balaban J connectivity index is 2.03. The van der Waals surface area contributed by atoms with Gasteiger partial charge in [-0.05, 0) is 38.3 Å². The van der Waals surface area contributed by atoms with E-state index in [2.05, 4.69) is 47.2 Å². The van der Waals surface area contributed by atoms with E-state index in [1.807, 2.05) is 0 Å². The maximum absolute atomic E-state index is 4.58. The molecule has 0 unspecified atom stereocenters. The van der Waals surface area contributed by atoms with Crippen LogP contribution in [0.5, 0.6) is 0 Å². The number of H-pyrrole nitrogens is 1. The zero-order chi connectivity index (χ0) is 11.1. The van der Waals surface area contributed by atoms with Gasteiger partial charge in [0.15, 0.2) is 5.82 Å². The maximum atomic E-state index is 4.58. The fourth-order valence-corrected chi connectivity index (χ4v) is 1.91. The molecule has 0 spiro atoms. The molecule has 82 valence electrons. The summed E-state index contributed by atoms with van der Waals surface area (Å²) in [4.78, 5) is 4.58. The Hall–Kier alpha value is -1.64. The van der Waals surface area contributed by atoms with Crippen LogP contribution in [0.25, 0.3) is 11.4 Å². The van der Waals surface area contributed by atoms with Crippen molar-refractivity contribution in [3.05, 3.63) is 35.2 Å². The van der Waals surface area contributed by atoms with Crippen LogP contribution in [0.2, 0.25) is 0 Å². The van der Waals surface area contributed by atoms with E-state index in [9.17, 15) is 0 Å². The molecule has 0 atom stereocenters. The molecule has 1 fully saturated rings. The van der Waals surface area contributed by atoms with Gasteiger partial charge in [-0.25, -0.2) is 4.98 Å². The zero-order valence-electron chi connectivity index (χ0n) is 9.62. The second-order valence-electron chi connectivity index (χ2n) is 4.64. The molecule has 1 aliphatic carbocycles. The van der Waals surface area contributed by atoms with Crippen LogP contribution < -0.4 is 0 Å². The van der Waals surface area contributed by atoms with Gasteiger partial charge >= 0.3 is 0 Å². The molecule has 3 heteroatoms. The van der Waals surface area contributed by atoms with Gasteiger partial charge < -0.3 is 0 Å². The first-order valence-electron chi connectivity index (χ1n) is 5.74. The predicted molar refractivity (Wildman–Crippen MR) is 63.3 cm³/mol. The highest BCUT2D eigenvalue weighted by molar-refractivity contribution is 5.60. The van der Waals surface area contributed by atoms with Gasteiger partial charge in [-0.3, -0.25) is 5.10 Å². The van der Waals surface area contributed by atoms with E-state index < -0.39 is 0 Å². The Bertz CT molecular complexity index is 524. The van der Waals surface area contributed by atoms with Gasteiger partial charge in [0, 0.05) is 11.5 Å². The summed E-state index contributed by atoms with van der Waals surface area (Å²) in [6.07, 6.45) is 2.50. The molecule has 0 bridgehead atoms. The predicted octanol–water partition coefficient (Wildman–Crippen LogP) is 2.97. The molecule has 1 heterocycles. The Morgan fingerprint density at radius 2 is 2.06 bits per heavy atom. The van der Waals surface area contributed by atoms with Crippen molar-refractivity contribution in [2.24, 2.45) is 0 Å². The normalized spacial score (nSPS) is 15.4. The van der Waals surface area contributed by atoms with E-state index in [4.69, 9.17) is 0 Å². The SMILES string of the molecule is Cc1ccc(C)c(-c2n[nH]c(C3CC3)n2)c1. The molecule has 1 N–H and O–H groups in total. The van der Waals surface area contributed by atoms with Crippen LogP contribution in [0, 0.1) is 13.8 Å². The van der Waals surface area contributed by atoms with Gasteiger partial charge in [0.05, 0.1) is 0 Å².